The Hall–Kier alpha value is -2.64. The van der Waals surface area contributed by atoms with E-state index in [0.29, 0.717) is 5.13 Å². The molecule has 4 N–H and O–H groups in total. The maximum absolute atomic E-state index is 12.1. The number of fused-ring (bicyclic) bond motifs is 3. The van der Waals surface area contributed by atoms with Crippen molar-refractivity contribution in [3.8, 4) is 0 Å². The van der Waals surface area contributed by atoms with Gasteiger partial charge in [0.1, 0.15) is 0 Å². The van der Waals surface area contributed by atoms with Crippen molar-refractivity contribution >= 4 is 44.0 Å². The Labute approximate surface area is 136 Å². The zero-order chi connectivity index (χ0) is 15.6. The minimum Gasteiger partial charge on any atom is -0.376 e. The Balaban J connectivity index is 1.46. The lowest BCUT2D eigenvalue weighted by Gasteiger charge is -2.05. The highest BCUT2D eigenvalue weighted by atomic mass is 32.1. The highest BCUT2D eigenvalue weighted by Gasteiger charge is 2.16. The van der Waals surface area contributed by atoms with Gasteiger partial charge in [-0.1, -0.05) is 29.5 Å². The van der Waals surface area contributed by atoms with E-state index in [1.165, 1.54) is 16.9 Å². The standard InChI is InChI=1S/C16H15N5OS/c22-14(9-17-10-4-2-1-3-5-10)20-16-19-13-7-6-12-11(8-18-21-12)15(13)23-16/h1-7,17-18,21H,8-9H2,(H,19,20,22). The first-order valence-electron chi connectivity index (χ1n) is 7.30. The molecule has 0 saturated heterocycles. The van der Waals surface area contributed by atoms with Crippen molar-refractivity contribution in [2.75, 3.05) is 22.6 Å². The first-order chi connectivity index (χ1) is 11.3. The molecule has 1 aliphatic rings. The van der Waals surface area contributed by atoms with Crippen molar-refractivity contribution in [1.82, 2.24) is 10.4 Å². The number of hydrogen-bond donors (Lipinski definition) is 4. The molecule has 0 unspecified atom stereocenters. The van der Waals surface area contributed by atoms with Crippen molar-refractivity contribution in [2.45, 2.75) is 6.54 Å². The summed E-state index contributed by atoms with van der Waals surface area (Å²) in [4.78, 5) is 16.6. The van der Waals surface area contributed by atoms with Gasteiger partial charge in [0.15, 0.2) is 5.13 Å². The fourth-order valence-electron chi connectivity index (χ4n) is 2.52. The van der Waals surface area contributed by atoms with Crippen LogP contribution in [0, 0.1) is 0 Å². The van der Waals surface area contributed by atoms with Crippen LogP contribution in [-0.4, -0.2) is 17.4 Å². The van der Waals surface area contributed by atoms with Crippen molar-refractivity contribution in [3.05, 3.63) is 48.0 Å². The van der Waals surface area contributed by atoms with Crippen molar-refractivity contribution in [3.63, 3.8) is 0 Å². The van der Waals surface area contributed by atoms with Crippen LogP contribution < -0.4 is 21.5 Å². The second-order valence-electron chi connectivity index (χ2n) is 5.21. The first-order valence-corrected chi connectivity index (χ1v) is 8.11. The normalized spacial score (nSPS) is 12.7. The lowest BCUT2D eigenvalue weighted by atomic mass is 10.2. The third-order valence-corrected chi connectivity index (χ3v) is 4.67. The molecular formula is C16H15N5OS. The fourth-order valence-corrected chi connectivity index (χ4v) is 3.55. The molecule has 0 radical (unpaired) electrons. The number of amides is 1. The van der Waals surface area contributed by atoms with Gasteiger partial charge in [-0.05, 0) is 24.3 Å². The van der Waals surface area contributed by atoms with E-state index in [9.17, 15) is 4.79 Å². The van der Waals surface area contributed by atoms with E-state index in [1.807, 2.05) is 42.5 Å². The number of rotatable bonds is 4. The highest BCUT2D eigenvalue weighted by Crippen LogP contribution is 2.34. The van der Waals surface area contributed by atoms with Crippen LogP contribution in [0.5, 0.6) is 0 Å². The summed E-state index contributed by atoms with van der Waals surface area (Å²) in [5.74, 6) is -0.110. The van der Waals surface area contributed by atoms with Gasteiger partial charge in [0.05, 0.1) is 22.4 Å². The number of carbonyl (C=O) groups excluding carboxylic acids is 1. The van der Waals surface area contributed by atoms with Gasteiger partial charge in [0.2, 0.25) is 5.91 Å². The average Bonchev–Trinajstić information content (AvgIpc) is 3.19. The zero-order valence-electron chi connectivity index (χ0n) is 12.2. The van der Waals surface area contributed by atoms with Gasteiger partial charge in [0, 0.05) is 17.8 Å². The Bertz CT molecular complexity index is 862. The number of nitrogens with one attached hydrogen (secondary N) is 4. The molecule has 116 valence electrons. The van der Waals surface area contributed by atoms with Gasteiger partial charge < -0.3 is 16.1 Å². The monoisotopic (exact) mass is 325 g/mol. The molecular weight excluding hydrogens is 310 g/mol. The van der Waals surface area contributed by atoms with E-state index in [-0.39, 0.29) is 12.5 Å². The number of hydrogen-bond acceptors (Lipinski definition) is 6. The maximum Gasteiger partial charge on any atom is 0.245 e. The summed E-state index contributed by atoms with van der Waals surface area (Å²) < 4.78 is 1.10. The minimum atomic E-state index is -0.110. The van der Waals surface area contributed by atoms with Gasteiger partial charge in [-0.3, -0.25) is 4.79 Å². The maximum atomic E-state index is 12.1. The summed E-state index contributed by atoms with van der Waals surface area (Å²) in [5, 5.41) is 6.57. The summed E-state index contributed by atoms with van der Waals surface area (Å²) in [7, 11) is 0. The first kappa shape index (κ1) is 14.0. The molecule has 0 saturated carbocycles. The Morgan fingerprint density at radius 2 is 2.09 bits per heavy atom. The molecule has 1 aliphatic heterocycles. The number of thiazole rings is 1. The molecule has 7 heteroatoms. The molecule has 3 aromatic rings. The minimum absolute atomic E-state index is 0.110. The lowest BCUT2D eigenvalue weighted by Crippen LogP contribution is -2.21. The van der Waals surface area contributed by atoms with Crippen LogP contribution in [0.2, 0.25) is 0 Å². The third kappa shape index (κ3) is 2.84. The molecule has 2 heterocycles. The fraction of sp³-hybridized carbons (Fsp3) is 0.125. The van der Waals surface area contributed by atoms with Gasteiger partial charge in [0.25, 0.3) is 0 Å². The average molecular weight is 325 g/mol. The molecule has 0 bridgehead atoms. The van der Waals surface area contributed by atoms with E-state index in [4.69, 9.17) is 0 Å². The van der Waals surface area contributed by atoms with Crippen LogP contribution in [0.25, 0.3) is 10.2 Å². The van der Waals surface area contributed by atoms with Crippen LogP contribution in [0.15, 0.2) is 42.5 Å². The van der Waals surface area contributed by atoms with Crippen LogP contribution in [0.1, 0.15) is 5.56 Å². The molecule has 1 aromatic heterocycles. The zero-order valence-corrected chi connectivity index (χ0v) is 13.0. The number of para-hydroxylation sites is 1. The number of anilines is 3. The summed E-state index contributed by atoms with van der Waals surface area (Å²) >= 11 is 1.50. The molecule has 2 aromatic carbocycles. The predicted octanol–water partition coefficient (Wildman–Crippen LogP) is 2.78. The number of hydrazine groups is 1. The SMILES string of the molecule is O=C(CNc1ccccc1)Nc1nc2ccc3c(c2s1)CNN3. The van der Waals surface area contributed by atoms with Gasteiger partial charge in [-0.25, -0.2) is 10.4 Å². The van der Waals surface area contributed by atoms with E-state index in [1.54, 1.807) is 0 Å². The van der Waals surface area contributed by atoms with E-state index < -0.39 is 0 Å². The van der Waals surface area contributed by atoms with Crippen LogP contribution in [-0.2, 0) is 11.3 Å². The third-order valence-electron chi connectivity index (χ3n) is 3.62. The second kappa shape index (κ2) is 5.86. The summed E-state index contributed by atoms with van der Waals surface area (Å²) in [6.07, 6.45) is 0. The van der Waals surface area contributed by atoms with Crippen LogP contribution >= 0.6 is 11.3 Å². The molecule has 0 atom stereocenters. The number of carbonyl (C=O) groups is 1. The smallest absolute Gasteiger partial charge is 0.245 e. The largest absolute Gasteiger partial charge is 0.376 e. The number of nitrogens with zero attached hydrogens (tertiary/aromatic N) is 1. The molecule has 0 aliphatic carbocycles. The quantitative estimate of drug-likeness (QED) is 0.593. The number of aromatic nitrogens is 1. The highest BCUT2D eigenvalue weighted by molar-refractivity contribution is 7.22. The molecule has 0 fully saturated rings. The predicted molar refractivity (Wildman–Crippen MR) is 93.6 cm³/mol. The van der Waals surface area contributed by atoms with E-state index >= 15 is 0 Å². The van der Waals surface area contributed by atoms with Crippen molar-refractivity contribution in [2.24, 2.45) is 0 Å². The second-order valence-corrected chi connectivity index (χ2v) is 6.20. The molecule has 0 spiro atoms. The van der Waals surface area contributed by atoms with Gasteiger partial charge in [-0.15, -0.1) is 0 Å². The lowest BCUT2D eigenvalue weighted by molar-refractivity contribution is -0.114. The molecule has 23 heavy (non-hydrogen) atoms. The topological polar surface area (TPSA) is 78.1 Å². The Morgan fingerprint density at radius 3 is 2.96 bits per heavy atom. The van der Waals surface area contributed by atoms with Gasteiger partial charge in [-0.2, -0.15) is 0 Å². The Morgan fingerprint density at radius 1 is 1.22 bits per heavy atom. The summed E-state index contributed by atoms with van der Waals surface area (Å²) in [6, 6.07) is 13.6. The molecule has 1 amide bonds. The van der Waals surface area contributed by atoms with Crippen LogP contribution in [0.3, 0.4) is 0 Å². The van der Waals surface area contributed by atoms with Crippen LogP contribution in [0.4, 0.5) is 16.5 Å². The van der Waals surface area contributed by atoms with Crippen molar-refractivity contribution < 1.29 is 4.79 Å². The summed E-state index contributed by atoms with van der Waals surface area (Å²) in [5.41, 5.74) is 10.3. The number of benzene rings is 2. The van der Waals surface area contributed by atoms with Gasteiger partial charge >= 0.3 is 0 Å². The van der Waals surface area contributed by atoms with Crippen molar-refractivity contribution in [1.29, 1.82) is 0 Å². The molecule has 4 rings (SSSR count). The van der Waals surface area contributed by atoms with E-state index in [2.05, 4.69) is 26.5 Å². The van der Waals surface area contributed by atoms with E-state index in [0.717, 1.165) is 28.1 Å². The summed E-state index contributed by atoms with van der Waals surface area (Å²) in [6.45, 7) is 0.971. The Kier molecular flexibility index (Phi) is 3.57. The molecule has 6 nitrogen and oxygen atoms in total.